The minimum Gasteiger partial charge on any atom is -0.309 e. The van der Waals surface area contributed by atoms with Crippen molar-refractivity contribution >= 4 is 67.7 Å². The SMILES string of the molecule is Cc1ccc(P(=O)(c2ccc(C)cc2)c2ccc3ccccc3c2-c2c(P(=O)(c3ccc(C(F)(F)F)cc3)c3ccc(C(F)(F)F)cc3)ccc3ccccc23)cc1. The largest absolute Gasteiger partial charge is 0.416 e. The molecule has 0 aliphatic heterocycles. The van der Waals surface area contributed by atoms with Crippen LogP contribution < -0.4 is 31.8 Å². The quantitative estimate of drug-likeness (QED) is 0.119. The van der Waals surface area contributed by atoms with E-state index < -0.39 is 37.8 Å². The molecule has 0 fully saturated rings. The molecule has 2 nitrogen and oxygen atoms in total. The van der Waals surface area contributed by atoms with Crippen molar-refractivity contribution in [3.8, 4) is 11.1 Å². The van der Waals surface area contributed by atoms with E-state index in [0.29, 0.717) is 37.8 Å². The van der Waals surface area contributed by atoms with Crippen molar-refractivity contribution in [1.82, 2.24) is 0 Å². The molecule has 8 aromatic rings. The fraction of sp³-hybridized carbons (Fsp3) is 0.0833. The molecule has 0 N–H and O–H groups in total. The van der Waals surface area contributed by atoms with Crippen LogP contribution in [0.25, 0.3) is 32.7 Å². The van der Waals surface area contributed by atoms with Crippen LogP contribution in [0.2, 0.25) is 0 Å². The Balaban J connectivity index is 1.55. The van der Waals surface area contributed by atoms with Crippen LogP contribution >= 0.6 is 14.3 Å². The van der Waals surface area contributed by atoms with Crippen LogP contribution in [0.4, 0.5) is 26.3 Å². The second-order valence-electron chi connectivity index (χ2n) is 14.3. The summed E-state index contributed by atoms with van der Waals surface area (Å²) in [5.41, 5.74) is 0.886. The molecule has 0 saturated carbocycles. The van der Waals surface area contributed by atoms with Crippen molar-refractivity contribution in [1.29, 1.82) is 0 Å². The Hall–Kier alpha value is -5.68. The Morgan fingerprint density at radius 2 is 0.655 bits per heavy atom. The third kappa shape index (κ3) is 6.78. The smallest absolute Gasteiger partial charge is 0.309 e. The third-order valence-corrected chi connectivity index (χ3v) is 16.9. The topological polar surface area (TPSA) is 34.1 Å². The zero-order valence-electron chi connectivity index (χ0n) is 31.1. The molecule has 290 valence electrons. The maximum Gasteiger partial charge on any atom is 0.416 e. The lowest BCUT2D eigenvalue weighted by atomic mass is 9.93. The predicted octanol–water partition coefficient (Wildman–Crippen LogP) is 11.6. The average Bonchev–Trinajstić information content (AvgIpc) is 3.22. The van der Waals surface area contributed by atoms with Crippen molar-refractivity contribution in [3.63, 3.8) is 0 Å². The minimum absolute atomic E-state index is 0.0150. The van der Waals surface area contributed by atoms with Crippen molar-refractivity contribution < 1.29 is 35.5 Å². The molecule has 0 heterocycles. The number of aryl methyl sites for hydroxylation is 2. The number of alkyl halides is 6. The molecule has 0 atom stereocenters. The van der Waals surface area contributed by atoms with Gasteiger partial charge in [0.15, 0.2) is 14.3 Å². The zero-order chi connectivity index (χ0) is 41.0. The van der Waals surface area contributed by atoms with Crippen LogP contribution in [0.1, 0.15) is 22.3 Å². The number of hydrogen-bond donors (Lipinski definition) is 0. The van der Waals surface area contributed by atoms with E-state index in [2.05, 4.69) is 0 Å². The van der Waals surface area contributed by atoms with Gasteiger partial charge in [-0.1, -0.05) is 145 Å². The summed E-state index contributed by atoms with van der Waals surface area (Å²) < 4.78 is 116. The summed E-state index contributed by atoms with van der Waals surface area (Å²) in [6, 6.07) is 44.7. The van der Waals surface area contributed by atoms with Gasteiger partial charge in [0.25, 0.3) is 0 Å². The molecule has 0 radical (unpaired) electrons. The van der Waals surface area contributed by atoms with Crippen molar-refractivity contribution in [2.45, 2.75) is 26.2 Å². The number of halogens is 6. The fourth-order valence-electron chi connectivity index (χ4n) is 7.65. The minimum atomic E-state index is -4.70. The molecule has 8 aromatic carbocycles. The molecular weight excluding hydrogens is 784 g/mol. The molecule has 0 amide bonds. The van der Waals surface area contributed by atoms with Crippen molar-refractivity contribution in [2.24, 2.45) is 0 Å². The monoisotopic (exact) mass is 818 g/mol. The van der Waals surface area contributed by atoms with Gasteiger partial charge in [-0.05, 0) is 71.8 Å². The molecule has 8 rings (SSSR count). The van der Waals surface area contributed by atoms with E-state index >= 15 is 9.13 Å². The van der Waals surface area contributed by atoms with Gasteiger partial charge >= 0.3 is 12.4 Å². The highest BCUT2D eigenvalue weighted by molar-refractivity contribution is 7.86. The van der Waals surface area contributed by atoms with Crippen LogP contribution in [-0.4, -0.2) is 0 Å². The van der Waals surface area contributed by atoms with E-state index in [0.717, 1.165) is 70.4 Å². The van der Waals surface area contributed by atoms with Gasteiger partial charge in [0.05, 0.1) is 11.1 Å². The van der Waals surface area contributed by atoms with Gasteiger partial charge in [-0.3, -0.25) is 0 Å². The van der Waals surface area contributed by atoms with E-state index in [1.807, 2.05) is 117 Å². The Kier molecular flexibility index (Phi) is 9.86. The number of hydrogen-bond acceptors (Lipinski definition) is 2. The summed E-state index contributed by atoms with van der Waals surface area (Å²) in [6.07, 6.45) is -9.40. The van der Waals surface area contributed by atoms with Gasteiger partial charge in [-0.15, -0.1) is 0 Å². The Morgan fingerprint density at radius 1 is 0.362 bits per heavy atom. The van der Waals surface area contributed by atoms with Crippen molar-refractivity contribution in [3.05, 3.63) is 192 Å². The molecule has 10 heteroatoms. The summed E-state index contributed by atoms with van der Waals surface area (Å²) in [7, 11) is -8.17. The molecule has 0 bridgehead atoms. The fourth-order valence-corrected chi connectivity index (χ4v) is 13.3. The highest BCUT2D eigenvalue weighted by Crippen LogP contribution is 2.52. The highest BCUT2D eigenvalue weighted by atomic mass is 31.2. The molecular formula is C48H34F6O2P2. The van der Waals surface area contributed by atoms with Gasteiger partial charge in [0.1, 0.15) is 0 Å². The first-order valence-electron chi connectivity index (χ1n) is 18.4. The second kappa shape index (κ2) is 14.6. The van der Waals surface area contributed by atoms with E-state index in [1.54, 1.807) is 18.2 Å². The van der Waals surface area contributed by atoms with E-state index in [-0.39, 0.29) is 15.9 Å². The Morgan fingerprint density at radius 3 is 0.966 bits per heavy atom. The normalized spacial score (nSPS) is 12.6. The first kappa shape index (κ1) is 39.2. The number of fused-ring (bicyclic) bond motifs is 2. The molecule has 0 aromatic heterocycles. The standard InChI is InChI=1S/C48H34F6O2P2/c1-31-11-21-37(22-12-31)57(55,38-23-13-32(2)14-24-38)43-29-15-33-7-3-5-9-41(33)45(43)46-42-10-6-4-8-34(42)16-30-44(46)58(56,39-25-17-35(18-26-39)47(49,50)51)40-27-19-36(20-28-40)48(52,53)54/h3-30H,1-2H3. The highest BCUT2D eigenvalue weighted by Gasteiger charge is 2.40. The van der Waals surface area contributed by atoms with Gasteiger partial charge in [0.2, 0.25) is 0 Å². The van der Waals surface area contributed by atoms with E-state index in [1.165, 1.54) is 0 Å². The van der Waals surface area contributed by atoms with Gasteiger partial charge in [-0.25, -0.2) is 0 Å². The van der Waals surface area contributed by atoms with Gasteiger partial charge in [0, 0.05) is 43.0 Å². The maximum atomic E-state index is 16.5. The van der Waals surface area contributed by atoms with Gasteiger partial charge < -0.3 is 9.13 Å². The lowest BCUT2D eigenvalue weighted by Crippen LogP contribution is -2.30. The number of rotatable bonds is 7. The molecule has 0 saturated heterocycles. The molecule has 0 spiro atoms. The van der Waals surface area contributed by atoms with Crippen LogP contribution in [0.3, 0.4) is 0 Å². The van der Waals surface area contributed by atoms with Gasteiger partial charge in [-0.2, -0.15) is 26.3 Å². The summed E-state index contributed by atoms with van der Waals surface area (Å²) >= 11 is 0. The first-order chi connectivity index (χ1) is 27.6. The van der Waals surface area contributed by atoms with Crippen LogP contribution in [0.15, 0.2) is 170 Å². The molecule has 0 unspecified atom stereocenters. The second-order valence-corrected chi connectivity index (χ2v) is 19.8. The van der Waals surface area contributed by atoms with Crippen molar-refractivity contribution in [2.75, 3.05) is 0 Å². The lowest BCUT2D eigenvalue weighted by molar-refractivity contribution is -0.138. The summed E-state index contributed by atoms with van der Waals surface area (Å²) in [4.78, 5) is 0. The Labute approximate surface area is 331 Å². The van der Waals surface area contributed by atoms with E-state index in [9.17, 15) is 26.3 Å². The first-order valence-corrected chi connectivity index (χ1v) is 21.8. The van der Waals surface area contributed by atoms with Crippen LogP contribution in [-0.2, 0) is 21.5 Å². The summed E-state index contributed by atoms with van der Waals surface area (Å²) in [6.45, 7) is 3.87. The maximum absolute atomic E-state index is 16.5. The molecule has 0 aliphatic carbocycles. The summed E-state index contributed by atoms with van der Waals surface area (Å²) in [5, 5.41) is 4.45. The third-order valence-electron chi connectivity index (χ3n) is 10.7. The predicted molar refractivity (Wildman–Crippen MR) is 225 cm³/mol. The van der Waals surface area contributed by atoms with Crippen LogP contribution in [0.5, 0.6) is 0 Å². The average molecular weight is 819 g/mol. The lowest BCUT2D eigenvalue weighted by Gasteiger charge is -2.29. The Bertz CT molecular complexity index is 2810. The molecule has 0 aliphatic rings. The van der Waals surface area contributed by atoms with E-state index in [4.69, 9.17) is 0 Å². The summed E-state index contributed by atoms with van der Waals surface area (Å²) in [5.74, 6) is 0. The number of benzene rings is 8. The zero-order valence-corrected chi connectivity index (χ0v) is 32.9. The van der Waals surface area contributed by atoms with Crippen LogP contribution in [0, 0.1) is 13.8 Å². The molecule has 58 heavy (non-hydrogen) atoms.